The van der Waals surface area contributed by atoms with Crippen molar-refractivity contribution in [2.45, 2.75) is 64.1 Å². The zero-order valence-electron chi connectivity index (χ0n) is 21.2. The van der Waals surface area contributed by atoms with E-state index < -0.39 is 24.4 Å². The molecular weight excluding hydrogens is 507 g/mol. The van der Waals surface area contributed by atoms with E-state index >= 15 is 0 Å². The first kappa shape index (κ1) is 27.1. The summed E-state index contributed by atoms with van der Waals surface area (Å²) in [5.41, 5.74) is 7.15. The molecule has 1 aromatic carbocycles. The molecular formula is C24H32F3N7O2S. The Kier molecular flexibility index (Phi) is 7.67. The van der Waals surface area contributed by atoms with Crippen molar-refractivity contribution in [3.8, 4) is 10.7 Å². The molecule has 2 aromatic heterocycles. The van der Waals surface area contributed by atoms with Gasteiger partial charge in [0, 0.05) is 29.7 Å². The summed E-state index contributed by atoms with van der Waals surface area (Å²) in [6.45, 7) is 5.74. The summed E-state index contributed by atoms with van der Waals surface area (Å²) in [4.78, 5) is 14.1. The summed E-state index contributed by atoms with van der Waals surface area (Å²) in [7, 11) is 2.01. The molecule has 0 aliphatic carbocycles. The highest BCUT2D eigenvalue weighted by Gasteiger charge is 2.32. The van der Waals surface area contributed by atoms with Gasteiger partial charge in [0.15, 0.2) is 5.01 Å². The fraction of sp³-hybridized carbons (Fsp3) is 0.542. The SMILES string of the molecule is CN1CC[C@@H](Nc2cccc3c2cc(-c2nnc(CNC(=O)OC(C)(C)C)s2)n3CC(F)(F)F)[C@@H](N)C1. The van der Waals surface area contributed by atoms with Gasteiger partial charge in [0.05, 0.1) is 17.8 Å². The number of likely N-dealkylation sites (tertiary alicyclic amines) is 1. The Morgan fingerprint density at radius 2 is 2.03 bits per heavy atom. The van der Waals surface area contributed by atoms with Crippen LogP contribution >= 0.6 is 11.3 Å². The number of nitrogens with two attached hydrogens (primary N) is 1. The van der Waals surface area contributed by atoms with Crippen LogP contribution in [-0.4, -0.2) is 69.8 Å². The monoisotopic (exact) mass is 539 g/mol. The van der Waals surface area contributed by atoms with Crippen LogP contribution < -0.4 is 16.4 Å². The number of likely N-dealkylation sites (N-methyl/N-ethyl adjacent to an activating group) is 1. The maximum Gasteiger partial charge on any atom is 0.408 e. The first-order valence-electron chi connectivity index (χ1n) is 12.0. The Morgan fingerprint density at radius 3 is 2.70 bits per heavy atom. The number of benzene rings is 1. The number of carbonyl (C=O) groups excluding carboxylic acids is 1. The number of halogens is 3. The van der Waals surface area contributed by atoms with Crippen molar-refractivity contribution < 1.29 is 22.7 Å². The van der Waals surface area contributed by atoms with Gasteiger partial charge in [-0.05, 0) is 59.0 Å². The number of piperidine rings is 1. The lowest BCUT2D eigenvalue weighted by molar-refractivity contribution is -0.139. The minimum Gasteiger partial charge on any atom is -0.444 e. The standard InChI is InChI=1S/C24H32F3N7O2S/c1-23(2,3)36-22(35)29-11-20-31-32-21(37-20)19-10-14-16(30-17-8-9-33(4)12-15(17)28)6-5-7-18(14)34(19)13-24(25,26)27/h5-7,10,15,17,30H,8-9,11-13,28H2,1-4H3,(H,29,35)/t15-,17+/m0/s1. The molecule has 0 spiro atoms. The second-order valence-electron chi connectivity index (χ2n) is 10.3. The van der Waals surface area contributed by atoms with E-state index in [1.54, 1.807) is 39.0 Å². The van der Waals surface area contributed by atoms with Gasteiger partial charge in [0.2, 0.25) is 0 Å². The average Bonchev–Trinajstić information content (AvgIpc) is 3.37. The van der Waals surface area contributed by atoms with Gasteiger partial charge in [0.25, 0.3) is 0 Å². The van der Waals surface area contributed by atoms with E-state index in [0.29, 0.717) is 26.6 Å². The van der Waals surface area contributed by atoms with Gasteiger partial charge in [0.1, 0.15) is 17.2 Å². The first-order chi connectivity index (χ1) is 17.3. The highest BCUT2D eigenvalue weighted by molar-refractivity contribution is 7.14. The number of anilines is 1. The predicted octanol–water partition coefficient (Wildman–Crippen LogP) is 4.19. The highest BCUT2D eigenvalue weighted by atomic mass is 32.1. The third-order valence-electron chi connectivity index (χ3n) is 5.95. The first-order valence-corrected chi connectivity index (χ1v) is 12.8. The van der Waals surface area contributed by atoms with E-state index in [0.717, 1.165) is 36.5 Å². The van der Waals surface area contributed by atoms with Crippen LogP contribution in [0.5, 0.6) is 0 Å². The van der Waals surface area contributed by atoms with Crippen LogP contribution in [-0.2, 0) is 17.8 Å². The molecule has 3 aromatic rings. The topological polar surface area (TPSA) is 110 Å². The van der Waals surface area contributed by atoms with Gasteiger partial charge >= 0.3 is 12.3 Å². The second-order valence-corrected chi connectivity index (χ2v) is 11.4. The maximum absolute atomic E-state index is 13.6. The number of rotatable bonds is 6. The number of ether oxygens (including phenoxy) is 1. The zero-order chi connectivity index (χ0) is 27.0. The number of nitrogens with zero attached hydrogens (tertiary/aromatic N) is 4. The van der Waals surface area contributed by atoms with E-state index in [9.17, 15) is 18.0 Å². The van der Waals surface area contributed by atoms with Crippen molar-refractivity contribution in [3.05, 3.63) is 29.3 Å². The Morgan fingerprint density at radius 1 is 1.27 bits per heavy atom. The molecule has 37 heavy (non-hydrogen) atoms. The normalized spacial score (nSPS) is 19.2. The van der Waals surface area contributed by atoms with Crippen molar-refractivity contribution in [2.75, 3.05) is 25.5 Å². The molecule has 2 atom stereocenters. The van der Waals surface area contributed by atoms with Crippen molar-refractivity contribution >= 4 is 34.0 Å². The molecule has 1 amide bonds. The number of hydrogen-bond donors (Lipinski definition) is 3. The van der Waals surface area contributed by atoms with E-state index in [1.165, 1.54) is 4.57 Å². The number of alkyl carbamates (subject to hydrolysis) is 1. The van der Waals surface area contributed by atoms with E-state index in [-0.39, 0.29) is 18.6 Å². The lowest BCUT2D eigenvalue weighted by atomic mass is 10.00. The summed E-state index contributed by atoms with van der Waals surface area (Å²) in [5.74, 6) is 0. The molecule has 1 aliphatic heterocycles. The van der Waals surface area contributed by atoms with E-state index in [4.69, 9.17) is 10.5 Å². The molecule has 202 valence electrons. The Balaban J connectivity index is 1.63. The molecule has 0 radical (unpaired) electrons. The molecule has 4 rings (SSSR count). The van der Waals surface area contributed by atoms with Crippen LogP contribution in [0.15, 0.2) is 24.3 Å². The molecule has 0 bridgehead atoms. The number of aromatic nitrogens is 3. The number of fused-ring (bicyclic) bond motifs is 1. The van der Waals surface area contributed by atoms with E-state index in [1.807, 2.05) is 13.1 Å². The summed E-state index contributed by atoms with van der Waals surface area (Å²) in [5, 5.41) is 15.7. The van der Waals surface area contributed by atoms with Gasteiger partial charge < -0.3 is 30.6 Å². The fourth-order valence-electron chi connectivity index (χ4n) is 4.36. The summed E-state index contributed by atoms with van der Waals surface area (Å²) in [6, 6.07) is 6.85. The van der Waals surface area contributed by atoms with Crippen LogP contribution in [0.4, 0.5) is 23.7 Å². The molecule has 3 heterocycles. The molecule has 13 heteroatoms. The third-order valence-corrected chi connectivity index (χ3v) is 6.90. The lowest BCUT2D eigenvalue weighted by Gasteiger charge is -2.35. The summed E-state index contributed by atoms with van der Waals surface area (Å²) in [6.07, 6.45) is -4.22. The summed E-state index contributed by atoms with van der Waals surface area (Å²) < 4.78 is 47.2. The molecule has 1 saturated heterocycles. The largest absolute Gasteiger partial charge is 0.444 e. The van der Waals surface area contributed by atoms with Crippen molar-refractivity contribution in [1.82, 2.24) is 25.0 Å². The molecule has 0 saturated carbocycles. The maximum atomic E-state index is 13.6. The van der Waals surface area contributed by atoms with E-state index in [2.05, 4.69) is 25.7 Å². The Hall–Kier alpha value is -2.90. The van der Waals surface area contributed by atoms with Gasteiger partial charge in [-0.2, -0.15) is 13.2 Å². The lowest BCUT2D eigenvalue weighted by Crippen LogP contribution is -2.53. The van der Waals surface area contributed by atoms with Gasteiger partial charge in [-0.15, -0.1) is 10.2 Å². The summed E-state index contributed by atoms with van der Waals surface area (Å²) >= 11 is 1.12. The minimum absolute atomic E-state index is 0.00303. The second kappa shape index (κ2) is 10.5. The van der Waals surface area contributed by atoms with Gasteiger partial charge in [-0.1, -0.05) is 17.4 Å². The van der Waals surface area contributed by atoms with Gasteiger partial charge in [-0.3, -0.25) is 0 Å². The molecule has 1 aliphatic rings. The third kappa shape index (κ3) is 6.90. The van der Waals surface area contributed by atoms with Crippen LogP contribution in [0.3, 0.4) is 0 Å². The molecule has 0 unspecified atom stereocenters. The Bertz CT molecular complexity index is 1250. The minimum atomic E-state index is -4.44. The fourth-order valence-corrected chi connectivity index (χ4v) is 5.16. The van der Waals surface area contributed by atoms with Crippen LogP contribution in [0, 0.1) is 0 Å². The highest BCUT2D eigenvalue weighted by Crippen LogP contribution is 2.36. The van der Waals surface area contributed by atoms with Crippen LogP contribution in [0.25, 0.3) is 21.6 Å². The van der Waals surface area contributed by atoms with Crippen LogP contribution in [0.2, 0.25) is 0 Å². The molecule has 4 N–H and O–H groups in total. The number of amides is 1. The predicted molar refractivity (Wildman–Crippen MR) is 137 cm³/mol. The van der Waals surface area contributed by atoms with Gasteiger partial charge in [-0.25, -0.2) is 4.79 Å². The molecule has 9 nitrogen and oxygen atoms in total. The van der Waals surface area contributed by atoms with Crippen LogP contribution in [0.1, 0.15) is 32.2 Å². The number of hydrogen-bond acceptors (Lipinski definition) is 8. The van der Waals surface area contributed by atoms with Crippen molar-refractivity contribution in [2.24, 2.45) is 5.73 Å². The van der Waals surface area contributed by atoms with Crippen molar-refractivity contribution in [1.29, 1.82) is 0 Å². The van der Waals surface area contributed by atoms with Crippen molar-refractivity contribution in [3.63, 3.8) is 0 Å². The number of alkyl halides is 3. The quantitative estimate of drug-likeness (QED) is 0.431. The number of nitrogens with one attached hydrogen (secondary N) is 2. The number of carbonyl (C=O) groups is 1. The Labute approximate surface area is 217 Å². The smallest absolute Gasteiger partial charge is 0.408 e. The zero-order valence-corrected chi connectivity index (χ0v) is 22.0. The molecule has 1 fully saturated rings. The average molecular weight is 540 g/mol.